The molecule has 1 saturated heterocycles. The maximum Gasteiger partial charge on any atom is 0.292 e. The molecule has 6 nitrogen and oxygen atoms in total. The fourth-order valence-corrected chi connectivity index (χ4v) is 2.82. The van der Waals surface area contributed by atoms with Crippen molar-refractivity contribution in [3.63, 3.8) is 0 Å². The first-order chi connectivity index (χ1) is 9.67. The molecule has 1 aliphatic heterocycles. The third-order valence-electron chi connectivity index (χ3n) is 3.82. The molecule has 0 aliphatic carbocycles. The molecule has 0 spiro atoms. The summed E-state index contributed by atoms with van der Waals surface area (Å²) in [4.78, 5) is 13.0. The van der Waals surface area contributed by atoms with Crippen molar-refractivity contribution in [2.45, 2.75) is 31.7 Å². The summed E-state index contributed by atoms with van der Waals surface area (Å²) in [5, 5.41) is 11.2. The third kappa shape index (κ3) is 3.01. The van der Waals surface area contributed by atoms with Crippen LogP contribution in [0.5, 0.6) is 5.75 Å². The van der Waals surface area contributed by atoms with Gasteiger partial charge in [-0.25, -0.2) is 0 Å². The molecule has 1 fully saturated rings. The van der Waals surface area contributed by atoms with Crippen molar-refractivity contribution >= 4 is 11.4 Å². The molecular formula is C14H21N3O3. The van der Waals surface area contributed by atoms with Gasteiger partial charge in [-0.3, -0.25) is 10.1 Å². The minimum atomic E-state index is -0.330. The van der Waals surface area contributed by atoms with Crippen molar-refractivity contribution in [2.75, 3.05) is 25.1 Å². The monoisotopic (exact) mass is 279 g/mol. The highest BCUT2D eigenvalue weighted by molar-refractivity contribution is 5.66. The number of nitrogens with zero attached hydrogens (tertiary/aromatic N) is 2. The highest BCUT2D eigenvalue weighted by Gasteiger charge is 2.28. The Labute approximate surface area is 118 Å². The molecule has 1 heterocycles. The van der Waals surface area contributed by atoms with Crippen LogP contribution in [0.25, 0.3) is 0 Å². The molecular weight excluding hydrogens is 258 g/mol. The number of anilines is 1. The molecule has 1 aliphatic rings. The maximum atomic E-state index is 11.2. The predicted molar refractivity (Wildman–Crippen MR) is 78.3 cm³/mol. The van der Waals surface area contributed by atoms with E-state index in [9.17, 15) is 10.1 Å². The molecule has 2 rings (SSSR count). The fourth-order valence-electron chi connectivity index (χ4n) is 2.82. The summed E-state index contributed by atoms with van der Waals surface area (Å²) in [6.45, 7) is 1.43. The van der Waals surface area contributed by atoms with Crippen LogP contribution in [0.1, 0.15) is 25.7 Å². The van der Waals surface area contributed by atoms with Gasteiger partial charge in [-0.05, 0) is 38.3 Å². The van der Waals surface area contributed by atoms with Gasteiger partial charge in [0, 0.05) is 24.7 Å². The van der Waals surface area contributed by atoms with Gasteiger partial charge in [-0.15, -0.1) is 0 Å². The summed E-state index contributed by atoms with van der Waals surface area (Å²) >= 11 is 0. The summed E-state index contributed by atoms with van der Waals surface area (Å²) in [5.74, 6) is 0.641. The summed E-state index contributed by atoms with van der Waals surface area (Å²) in [5.41, 5.74) is 6.45. The van der Waals surface area contributed by atoms with Gasteiger partial charge in [0.2, 0.25) is 0 Å². The summed E-state index contributed by atoms with van der Waals surface area (Å²) < 4.78 is 5.20. The molecule has 1 aromatic carbocycles. The van der Waals surface area contributed by atoms with Gasteiger partial charge in [-0.1, -0.05) is 0 Å². The van der Waals surface area contributed by atoms with E-state index in [1.807, 2.05) is 0 Å². The zero-order valence-electron chi connectivity index (χ0n) is 11.7. The Bertz CT molecular complexity index is 477. The topological polar surface area (TPSA) is 81.6 Å². The van der Waals surface area contributed by atoms with Crippen molar-refractivity contribution in [3.8, 4) is 5.75 Å². The molecule has 6 heteroatoms. The van der Waals surface area contributed by atoms with E-state index in [1.54, 1.807) is 19.2 Å². The number of hydrogen-bond donors (Lipinski definition) is 1. The maximum absolute atomic E-state index is 11.2. The molecule has 0 radical (unpaired) electrons. The summed E-state index contributed by atoms with van der Waals surface area (Å²) in [6, 6.07) is 5.18. The van der Waals surface area contributed by atoms with E-state index in [0.717, 1.165) is 32.2 Å². The van der Waals surface area contributed by atoms with Crippen LogP contribution in [-0.2, 0) is 0 Å². The first-order valence-corrected chi connectivity index (χ1v) is 6.96. The molecule has 1 aromatic rings. The van der Waals surface area contributed by atoms with E-state index in [2.05, 4.69) is 4.90 Å². The largest absolute Gasteiger partial charge is 0.497 e. The van der Waals surface area contributed by atoms with Crippen LogP contribution in [0, 0.1) is 10.1 Å². The summed E-state index contributed by atoms with van der Waals surface area (Å²) in [7, 11) is 1.57. The van der Waals surface area contributed by atoms with Gasteiger partial charge >= 0.3 is 0 Å². The Hall–Kier alpha value is -1.82. The first kappa shape index (κ1) is 14.6. The van der Waals surface area contributed by atoms with Gasteiger partial charge in [0.1, 0.15) is 11.4 Å². The second-order valence-corrected chi connectivity index (χ2v) is 5.03. The lowest BCUT2D eigenvalue weighted by atomic mass is 9.98. The average molecular weight is 279 g/mol. The standard InChI is InChI=1S/C14H21N3O3/c1-20-12-5-6-13(17(18)19)14(10-12)16-9-3-2-4-11(16)7-8-15/h5-6,10-11H,2-4,7-9,15H2,1H3. The second kappa shape index (κ2) is 6.56. The van der Waals surface area contributed by atoms with Crippen molar-refractivity contribution in [2.24, 2.45) is 5.73 Å². The Kier molecular flexibility index (Phi) is 4.79. The number of benzene rings is 1. The van der Waals surface area contributed by atoms with Crippen LogP contribution in [0.3, 0.4) is 0 Å². The van der Waals surface area contributed by atoms with Gasteiger partial charge in [0.05, 0.1) is 12.0 Å². The Morgan fingerprint density at radius 3 is 2.95 bits per heavy atom. The lowest BCUT2D eigenvalue weighted by Crippen LogP contribution is -2.41. The van der Waals surface area contributed by atoms with E-state index in [-0.39, 0.29) is 16.7 Å². The fraction of sp³-hybridized carbons (Fsp3) is 0.571. The normalized spacial score (nSPS) is 18.9. The number of nitrogens with two attached hydrogens (primary N) is 1. The lowest BCUT2D eigenvalue weighted by Gasteiger charge is -2.37. The van der Waals surface area contributed by atoms with Crippen LogP contribution in [0.4, 0.5) is 11.4 Å². The van der Waals surface area contributed by atoms with Crippen molar-refractivity contribution in [1.29, 1.82) is 0 Å². The number of hydrogen-bond acceptors (Lipinski definition) is 5. The molecule has 110 valence electrons. The minimum Gasteiger partial charge on any atom is -0.497 e. The molecule has 1 unspecified atom stereocenters. The van der Waals surface area contributed by atoms with Gasteiger partial charge < -0.3 is 15.4 Å². The van der Waals surface area contributed by atoms with Crippen molar-refractivity contribution in [3.05, 3.63) is 28.3 Å². The number of nitro benzene ring substituents is 1. The second-order valence-electron chi connectivity index (χ2n) is 5.03. The van der Waals surface area contributed by atoms with E-state index in [0.29, 0.717) is 18.0 Å². The SMILES string of the molecule is COc1ccc([N+](=O)[O-])c(N2CCCCC2CCN)c1. The number of ether oxygens (including phenoxy) is 1. The highest BCUT2D eigenvalue weighted by Crippen LogP contribution is 2.36. The molecule has 20 heavy (non-hydrogen) atoms. The van der Waals surface area contributed by atoms with Crippen LogP contribution in [-0.4, -0.2) is 31.2 Å². The van der Waals surface area contributed by atoms with Crippen LogP contribution in [0.15, 0.2) is 18.2 Å². The molecule has 0 aromatic heterocycles. The minimum absolute atomic E-state index is 0.134. The van der Waals surface area contributed by atoms with Crippen molar-refractivity contribution in [1.82, 2.24) is 0 Å². The highest BCUT2D eigenvalue weighted by atomic mass is 16.6. The zero-order chi connectivity index (χ0) is 14.5. The van der Waals surface area contributed by atoms with Crippen molar-refractivity contribution < 1.29 is 9.66 Å². The summed E-state index contributed by atoms with van der Waals surface area (Å²) in [6.07, 6.45) is 4.09. The van der Waals surface area contributed by atoms with E-state index >= 15 is 0 Å². The number of piperidine rings is 1. The molecule has 0 bridgehead atoms. The molecule has 2 N–H and O–H groups in total. The third-order valence-corrected chi connectivity index (χ3v) is 3.82. The molecule has 1 atom stereocenters. The van der Waals surface area contributed by atoms with Gasteiger partial charge in [0.25, 0.3) is 5.69 Å². The van der Waals surface area contributed by atoms with E-state index in [1.165, 1.54) is 6.07 Å². The quantitative estimate of drug-likeness (QED) is 0.660. The average Bonchev–Trinajstić information content (AvgIpc) is 2.47. The number of methoxy groups -OCH3 is 1. The predicted octanol–water partition coefficient (Wildman–Crippen LogP) is 2.31. The van der Waals surface area contributed by atoms with Crippen LogP contribution >= 0.6 is 0 Å². The first-order valence-electron chi connectivity index (χ1n) is 6.96. The lowest BCUT2D eigenvalue weighted by molar-refractivity contribution is -0.384. The van der Waals surface area contributed by atoms with Crippen LogP contribution in [0.2, 0.25) is 0 Å². The molecule has 0 saturated carbocycles. The van der Waals surface area contributed by atoms with E-state index < -0.39 is 0 Å². The smallest absolute Gasteiger partial charge is 0.292 e. The number of rotatable bonds is 5. The Morgan fingerprint density at radius 2 is 2.30 bits per heavy atom. The van der Waals surface area contributed by atoms with E-state index in [4.69, 9.17) is 10.5 Å². The van der Waals surface area contributed by atoms with Gasteiger partial charge in [0.15, 0.2) is 0 Å². The molecule has 0 amide bonds. The Balaban J connectivity index is 2.39. The Morgan fingerprint density at radius 1 is 1.50 bits per heavy atom. The van der Waals surface area contributed by atoms with Gasteiger partial charge in [-0.2, -0.15) is 0 Å². The number of nitro groups is 1. The van der Waals surface area contributed by atoms with Crippen LogP contribution < -0.4 is 15.4 Å². The zero-order valence-corrected chi connectivity index (χ0v) is 11.7.